The molecule has 0 saturated heterocycles. The minimum absolute atomic E-state index is 0.297. The highest BCUT2D eigenvalue weighted by Gasteiger charge is 2.02. The Morgan fingerprint density at radius 3 is 2.33 bits per heavy atom. The van der Waals surface area contributed by atoms with Crippen molar-refractivity contribution in [1.29, 1.82) is 0 Å². The Balaban J connectivity index is 2.06. The van der Waals surface area contributed by atoms with Crippen LogP contribution in [0.1, 0.15) is 5.56 Å². The van der Waals surface area contributed by atoms with Gasteiger partial charge in [-0.2, -0.15) is 0 Å². The van der Waals surface area contributed by atoms with E-state index in [9.17, 15) is 8.78 Å². The summed E-state index contributed by atoms with van der Waals surface area (Å²) in [6.45, 7) is 0.474. The molecule has 0 spiro atoms. The molecule has 0 aromatic heterocycles. The van der Waals surface area contributed by atoms with E-state index in [2.05, 4.69) is 37.2 Å². The van der Waals surface area contributed by atoms with Crippen LogP contribution >= 0.6 is 31.9 Å². The van der Waals surface area contributed by atoms with Crippen molar-refractivity contribution in [2.45, 2.75) is 6.54 Å². The molecule has 1 nitrogen and oxygen atoms in total. The van der Waals surface area contributed by atoms with Crippen LogP contribution in [0.25, 0.3) is 0 Å². The molecule has 1 N–H and O–H groups in total. The van der Waals surface area contributed by atoms with E-state index in [1.807, 2.05) is 6.07 Å². The molecule has 0 radical (unpaired) electrons. The SMILES string of the molecule is Fc1cc(CNc2ccc(F)c(Br)c2)ccc1Br. The van der Waals surface area contributed by atoms with Crippen LogP contribution in [-0.4, -0.2) is 0 Å². The fraction of sp³-hybridized carbons (Fsp3) is 0.0769. The van der Waals surface area contributed by atoms with Gasteiger partial charge in [0.2, 0.25) is 0 Å². The van der Waals surface area contributed by atoms with E-state index < -0.39 is 0 Å². The Bertz CT molecular complexity index is 521. The zero-order valence-corrected chi connectivity index (χ0v) is 12.4. The second-order valence-corrected chi connectivity index (χ2v) is 5.44. The van der Waals surface area contributed by atoms with Gasteiger partial charge in [0.1, 0.15) is 11.6 Å². The minimum Gasteiger partial charge on any atom is -0.381 e. The molecule has 94 valence electrons. The van der Waals surface area contributed by atoms with Crippen molar-refractivity contribution in [3.8, 4) is 0 Å². The molecule has 0 fully saturated rings. The lowest BCUT2D eigenvalue weighted by Gasteiger charge is -2.08. The lowest BCUT2D eigenvalue weighted by molar-refractivity contribution is 0.619. The molecule has 2 aromatic rings. The zero-order chi connectivity index (χ0) is 13.1. The van der Waals surface area contributed by atoms with Crippen molar-refractivity contribution >= 4 is 37.5 Å². The molecule has 5 heteroatoms. The van der Waals surface area contributed by atoms with Gasteiger partial charge in [-0.25, -0.2) is 8.78 Å². The quantitative estimate of drug-likeness (QED) is 0.785. The number of benzene rings is 2. The molecule has 0 aliphatic carbocycles. The van der Waals surface area contributed by atoms with Crippen molar-refractivity contribution in [2.75, 3.05) is 5.32 Å². The summed E-state index contributed by atoms with van der Waals surface area (Å²) in [6, 6.07) is 9.58. The highest BCUT2D eigenvalue weighted by atomic mass is 79.9. The van der Waals surface area contributed by atoms with E-state index >= 15 is 0 Å². The molecule has 0 aliphatic heterocycles. The van der Waals surface area contributed by atoms with Crippen LogP contribution in [0.3, 0.4) is 0 Å². The first kappa shape index (κ1) is 13.5. The number of nitrogens with one attached hydrogen (secondary N) is 1. The van der Waals surface area contributed by atoms with Crippen molar-refractivity contribution in [1.82, 2.24) is 0 Å². The molecule has 0 atom stereocenters. The molecule has 0 amide bonds. The van der Waals surface area contributed by atoms with E-state index in [4.69, 9.17) is 0 Å². The maximum absolute atomic E-state index is 13.3. The third-order valence-electron chi connectivity index (χ3n) is 2.40. The first-order valence-corrected chi connectivity index (χ1v) is 6.78. The van der Waals surface area contributed by atoms with Gasteiger partial charge in [0.15, 0.2) is 0 Å². The van der Waals surface area contributed by atoms with Gasteiger partial charge in [-0.05, 0) is 67.8 Å². The average molecular weight is 377 g/mol. The third kappa shape index (κ3) is 3.29. The van der Waals surface area contributed by atoms with Crippen LogP contribution in [-0.2, 0) is 6.54 Å². The lowest BCUT2D eigenvalue weighted by Crippen LogP contribution is -2.00. The van der Waals surface area contributed by atoms with Gasteiger partial charge in [0.25, 0.3) is 0 Å². The average Bonchev–Trinajstić information content (AvgIpc) is 2.35. The van der Waals surface area contributed by atoms with Crippen molar-refractivity contribution < 1.29 is 8.78 Å². The normalized spacial score (nSPS) is 10.4. The highest BCUT2D eigenvalue weighted by molar-refractivity contribution is 9.10. The second kappa shape index (κ2) is 5.80. The summed E-state index contributed by atoms with van der Waals surface area (Å²) in [5, 5.41) is 3.10. The number of rotatable bonds is 3. The molecule has 18 heavy (non-hydrogen) atoms. The fourth-order valence-corrected chi connectivity index (χ4v) is 2.09. The summed E-state index contributed by atoms with van der Waals surface area (Å²) in [4.78, 5) is 0. The van der Waals surface area contributed by atoms with Crippen molar-refractivity contribution in [3.05, 3.63) is 62.5 Å². The summed E-state index contributed by atoms with van der Waals surface area (Å²) < 4.78 is 27.2. The number of hydrogen-bond acceptors (Lipinski definition) is 1. The number of halogens is 4. The minimum atomic E-state index is -0.310. The van der Waals surface area contributed by atoms with Crippen LogP contribution in [0.2, 0.25) is 0 Å². The molecule has 0 saturated carbocycles. The highest BCUT2D eigenvalue weighted by Crippen LogP contribution is 2.21. The molecule has 0 heterocycles. The molecular weight excluding hydrogens is 368 g/mol. The smallest absolute Gasteiger partial charge is 0.137 e. The first-order chi connectivity index (χ1) is 8.56. The molecule has 0 aliphatic rings. The van der Waals surface area contributed by atoms with E-state index in [0.29, 0.717) is 15.5 Å². The molecule has 2 aromatic carbocycles. The van der Waals surface area contributed by atoms with Gasteiger partial charge >= 0.3 is 0 Å². The summed E-state index contributed by atoms with van der Waals surface area (Å²) in [6.07, 6.45) is 0. The Morgan fingerprint density at radius 2 is 1.67 bits per heavy atom. The van der Waals surface area contributed by atoms with E-state index in [0.717, 1.165) is 11.3 Å². The Labute approximate surface area is 120 Å². The standard InChI is InChI=1S/C13H9Br2F2N/c14-10-3-1-8(5-13(10)17)7-18-9-2-4-12(16)11(15)6-9/h1-6,18H,7H2. The zero-order valence-electron chi connectivity index (χ0n) is 9.18. The summed E-state index contributed by atoms with van der Waals surface area (Å²) >= 11 is 6.21. The van der Waals surface area contributed by atoms with Gasteiger partial charge in [-0.1, -0.05) is 6.07 Å². The molecule has 2 rings (SSSR count). The van der Waals surface area contributed by atoms with Gasteiger partial charge in [0.05, 0.1) is 8.95 Å². The van der Waals surface area contributed by atoms with Crippen molar-refractivity contribution in [2.24, 2.45) is 0 Å². The number of hydrogen-bond donors (Lipinski definition) is 1. The van der Waals surface area contributed by atoms with Crippen LogP contribution in [0.5, 0.6) is 0 Å². The number of anilines is 1. The lowest BCUT2D eigenvalue weighted by atomic mass is 10.2. The predicted octanol–water partition coefficient (Wildman–Crippen LogP) is 5.10. The van der Waals surface area contributed by atoms with Gasteiger partial charge in [-0.15, -0.1) is 0 Å². The molecule has 0 unspecified atom stereocenters. The molecule has 0 bridgehead atoms. The molecular formula is C13H9Br2F2N. The summed E-state index contributed by atoms with van der Waals surface area (Å²) in [5.74, 6) is -0.607. The van der Waals surface area contributed by atoms with Crippen LogP contribution in [0.15, 0.2) is 45.3 Å². The van der Waals surface area contributed by atoms with Crippen LogP contribution < -0.4 is 5.32 Å². The largest absolute Gasteiger partial charge is 0.381 e. The monoisotopic (exact) mass is 375 g/mol. The first-order valence-electron chi connectivity index (χ1n) is 5.19. The van der Waals surface area contributed by atoms with E-state index in [1.165, 1.54) is 12.1 Å². The summed E-state index contributed by atoms with van der Waals surface area (Å²) in [7, 11) is 0. The topological polar surface area (TPSA) is 12.0 Å². The van der Waals surface area contributed by atoms with Crippen LogP contribution in [0.4, 0.5) is 14.5 Å². The van der Waals surface area contributed by atoms with Gasteiger partial charge < -0.3 is 5.32 Å². The summed E-state index contributed by atoms with van der Waals surface area (Å²) in [5.41, 5.74) is 1.59. The second-order valence-electron chi connectivity index (χ2n) is 3.73. The predicted molar refractivity (Wildman–Crippen MR) is 75.5 cm³/mol. The Hall–Kier alpha value is -0.940. The van der Waals surface area contributed by atoms with Crippen molar-refractivity contribution in [3.63, 3.8) is 0 Å². The fourth-order valence-electron chi connectivity index (χ4n) is 1.46. The van der Waals surface area contributed by atoms with Gasteiger partial charge in [0, 0.05) is 12.2 Å². The van der Waals surface area contributed by atoms with E-state index in [1.54, 1.807) is 18.2 Å². The third-order valence-corrected chi connectivity index (χ3v) is 3.65. The Kier molecular flexibility index (Phi) is 4.35. The van der Waals surface area contributed by atoms with Crippen LogP contribution in [0, 0.1) is 11.6 Å². The maximum Gasteiger partial charge on any atom is 0.137 e. The maximum atomic E-state index is 13.3. The van der Waals surface area contributed by atoms with Gasteiger partial charge in [-0.3, -0.25) is 0 Å². The Morgan fingerprint density at radius 1 is 0.889 bits per heavy atom. The van der Waals surface area contributed by atoms with E-state index in [-0.39, 0.29) is 11.6 Å².